The van der Waals surface area contributed by atoms with Gasteiger partial charge in [-0.15, -0.1) is 0 Å². The Labute approximate surface area is 170 Å². The summed E-state index contributed by atoms with van der Waals surface area (Å²) < 4.78 is 33.7. The zero-order valence-corrected chi connectivity index (χ0v) is 17.4. The highest BCUT2D eigenvalue weighted by molar-refractivity contribution is 7.92. The number of ether oxygens (including phenoxy) is 1. The third-order valence-electron chi connectivity index (χ3n) is 4.47. The number of halogens is 1. The lowest BCUT2D eigenvalue weighted by molar-refractivity contribution is 0.0857. The van der Waals surface area contributed by atoms with Crippen LogP contribution >= 0.6 is 11.6 Å². The molecule has 0 aliphatic carbocycles. The number of carbonyl (C=O) groups is 1. The first-order chi connectivity index (χ1) is 13.2. The number of nitrogens with one attached hydrogen (secondary N) is 2. The average Bonchev–Trinajstić information content (AvgIpc) is 3.12. The summed E-state index contributed by atoms with van der Waals surface area (Å²) in [5.41, 5.74) is 2.54. The van der Waals surface area contributed by atoms with Gasteiger partial charge in [0, 0.05) is 24.4 Å². The Morgan fingerprint density at radius 2 is 1.89 bits per heavy atom. The van der Waals surface area contributed by atoms with Gasteiger partial charge in [0.25, 0.3) is 15.9 Å². The van der Waals surface area contributed by atoms with Crippen LogP contribution in [0.2, 0.25) is 5.02 Å². The molecule has 0 aromatic heterocycles. The van der Waals surface area contributed by atoms with Gasteiger partial charge in [0.05, 0.1) is 11.1 Å². The Morgan fingerprint density at radius 1 is 1.18 bits per heavy atom. The molecule has 1 amide bonds. The number of carbonyl (C=O) groups excluding carboxylic acids is 1. The number of benzene rings is 2. The lowest BCUT2D eigenvalue weighted by Crippen LogP contribution is -2.31. The molecule has 8 heteroatoms. The highest BCUT2D eigenvalue weighted by Gasteiger charge is 2.22. The van der Waals surface area contributed by atoms with Crippen molar-refractivity contribution < 1.29 is 17.9 Å². The summed E-state index contributed by atoms with van der Waals surface area (Å²) >= 11 is 6.12. The molecule has 0 radical (unpaired) electrons. The molecule has 6 nitrogen and oxygen atoms in total. The fourth-order valence-corrected chi connectivity index (χ4v) is 4.78. The van der Waals surface area contributed by atoms with Crippen LogP contribution in [0.25, 0.3) is 0 Å². The second-order valence-electron chi connectivity index (χ2n) is 6.97. The summed E-state index contributed by atoms with van der Waals surface area (Å²) in [7, 11) is -3.95. The topological polar surface area (TPSA) is 84.5 Å². The van der Waals surface area contributed by atoms with Crippen molar-refractivity contribution >= 4 is 33.2 Å². The van der Waals surface area contributed by atoms with E-state index in [9.17, 15) is 13.2 Å². The molecule has 1 aliphatic rings. The Morgan fingerprint density at radius 3 is 2.54 bits per heavy atom. The van der Waals surface area contributed by atoms with Crippen LogP contribution in [0.1, 0.15) is 34.3 Å². The molecular formula is C20H23ClN2O4S. The van der Waals surface area contributed by atoms with E-state index < -0.39 is 10.0 Å². The fraction of sp³-hybridized carbons (Fsp3) is 0.350. The molecule has 0 unspecified atom stereocenters. The van der Waals surface area contributed by atoms with E-state index in [-0.39, 0.29) is 27.5 Å². The summed E-state index contributed by atoms with van der Waals surface area (Å²) in [5, 5.41) is 2.83. The van der Waals surface area contributed by atoms with Gasteiger partial charge in [-0.25, -0.2) is 8.42 Å². The van der Waals surface area contributed by atoms with Crippen LogP contribution in [0.5, 0.6) is 0 Å². The van der Waals surface area contributed by atoms with E-state index >= 15 is 0 Å². The summed E-state index contributed by atoms with van der Waals surface area (Å²) in [6, 6.07) is 9.62. The molecule has 1 fully saturated rings. The molecule has 1 heterocycles. The number of anilines is 1. The Kier molecular flexibility index (Phi) is 6.27. The zero-order chi connectivity index (χ0) is 20.3. The summed E-state index contributed by atoms with van der Waals surface area (Å²) in [6.07, 6.45) is 1.89. The predicted octanol–water partition coefficient (Wildman–Crippen LogP) is 3.67. The van der Waals surface area contributed by atoms with Gasteiger partial charge >= 0.3 is 0 Å². The van der Waals surface area contributed by atoms with Crippen molar-refractivity contribution in [2.45, 2.75) is 37.7 Å². The molecule has 3 rings (SSSR count). The van der Waals surface area contributed by atoms with Crippen molar-refractivity contribution in [3.63, 3.8) is 0 Å². The lowest BCUT2D eigenvalue weighted by Gasteiger charge is -2.13. The lowest BCUT2D eigenvalue weighted by atomic mass is 10.1. The maximum atomic E-state index is 12.8. The van der Waals surface area contributed by atoms with Gasteiger partial charge in [-0.05, 0) is 68.1 Å². The predicted molar refractivity (Wildman–Crippen MR) is 109 cm³/mol. The van der Waals surface area contributed by atoms with Crippen molar-refractivity contribution in [3.8, 4) is 0 Å². The summed E-state index contributed by atoms with van der Waals surface area (Å²) in [5.74, 6) is -0.366. The zero-order valence-electron chi connectivity index (χ0n) is 15.8. The Balaban J connectivity index is 1.80. The highest BCUT2D eigenvalue weighted by atomic mass is 35.5. The smallest absolute Gasteiger partial charge is 0.263 e. The minimum atomic E-state index is -3.95. The second kappa shape index (κ2) is 8.51. The fourth-order valence-electron chi connectivity index (χ4n) is 3.21. The van der Waals surface area contributed by atoms with Gasteiger partial charge in [-0.2, -0.15) is 0 Å². The third-order valence-corrected chi connectivity index (χ3v) is 6.33. The highest BCUT2D eigenvalue weighted by Crippen LogP contribution is 2.26. The van der Waals surface area contributed by atoms with Crippen molar-refractivity contribution in [2.75, 3.05) is 17.9 Å². The SMILES string of the molecule is Cc1cc(C)cc(NS(=O)(=O)c2cc(C(=O)NC[C@@H]3CCCO3)ccc2Cl)c1. The molecule has 2 aromatic carbocycles. The van der Waals surface area contributed by atoms with Gasteiger partial charge in [0.1, 0.15) is 4.90 Å². The van der Waals surface area contributed by atoms with E-state index in [2.05, 4.69) is 10.0 Å². The Hall–Kier alpha value is -2.09. The van der Waals surface area contributed by atoms with Crippen molar-refractivity contribution in [2.24, 2.45) is 0 Å². The van der Waals surface area contributed by atoms with Crippen LogP contribution in [0.4, 0.5) is 5.69 Å². The summed E-state index contributed by atoms with van der Waals surface area (Å²) in [4.78, 5) is 12.3. The molecule has 0 bridgehead atoms. The molecular weight excluding hydrogens is 400 g/mol. The van der Waals surface area contributed by atoms with Crippen molar-refractivity contribution in [3.05, 3.63) is 58.1 Å². The normalized spacial score (nSPS) is 16.8. The Bertz CT molecular complexity index is 965. The van der Waals surface area contributed by atoms with Crippen LogP contribution in [0.3, 0.4) is 0 Å². The second-order valence-corrected chi connectivity index (χ2v) is 9.03. The maximum absolute atomic E-state index is 12.8. The van der Waals surface area contributed by atoms with Gasteiger partial charge in [0.2, 0.25) is 0 Å². The average molecular weight is 423 g/mol. The third kappa shape index (κ3) is 5.04. The van der Waals surface area contributed by atoms with Gasteiger partial charge in [-0.1, -0.05) is 17.7 Å². The largest absolute Gasteiger partial charge is 0.376 e. The monoisotopic (exact) mass is 422 g/mol. The molecule has 0 saturated carbocycles. The molecule has 28 heavy (non-hydrogen) atoms. The quantitative estimate of drug-likeness (QED) is 0.743. The molecule has 150 valence electrons. The minimum absolute atomic E-state index is 0.00526. The number of hydrogen-bond donors (Lipinski definition) is 2. The van der Waals surface area contributed by atoms with Gasteiger partial charge in [0.15, 0.2) is 0 Å². The standard InChI is InChI=1S/C20H23ClN2O4S/c1-13-8-14(2)10-16(9-13)23-28(25,26)19-11-15(5-6-18(19)21)20(24)22-12-17-4-3-7-27-17/h5-6,8-11,17,23H,3-4,7,12H2,1-2H3,(H,22,24)/t17-/m0/s1. The first-order valence-corrected chi connectivity index (χ1v) is 10.9. The minimum Gasteiger partial charge on any atom is -0.376 e. The molecule has 1 saturated heterocycles. The molecule has 0 spiro atoms. The number of rotatable bonds is 6. The van der Waals surface area contributed by atoms with E-state index in [0.29, 0.717) is 18.8 Å². The molecule has 2 N–H and O–H groups in total. The van der Waals surface area contributed by atoms with Gasteiger partial charge < -0.3 is 10.1 Å². The van der Waals surface area contributed by atoms with E-state index in [1.165, 1.54) is 18.2 Å². The van der Waals surface area contributed by atoms with Crippen LogP contribution in [0.15, 0.2) is 41.3 Å². The van der Waals surface area contributed by atoms with Crippen molar-refractivity contribution in [1.29, 1.82) is 0 Å². The van der Waals surface area contributed by atoms with E-state index in [1.54, 1.807) is 12.1 Å². The van der Waals surface area contributed by atoms with Gasteiger partial charge in [-0.3, -0.25) is 9.52 Å². The maximum Gasteiger partial charge on any atom is 0.263 e. The number of amides is 1. The summed E-state index contributed by atoms with van der Waals surface area (Å²) in [6.45, 7) is 4.87. The number of sulfonamides is 1. The first kappa shape index (κ1) is 20.6. The molecule has 2 aromatic rings. The van der Waals surface area contributed by atoms with Crippen LogP contribution < -0.4 is 10.0 Å². The van der Waals surface area contributed by atoms with Crippen LogP contribution in [-0.4, -0.2) is 33.6 Å². The van der Waals surface area contributed by atoms with Crippen molar-refractivity contribution in [1.82, 2.24) is 5.32 Å². The van der Waals surface area contributed by atoms with E-state index in [1.807, 2.05) is 19.9 Å². The number of hydrogen-bond acceptors (Lipinski definition) is 4. The number of aryl methyl sites for hydroxylation is 2. The van der Waals surface area contributed by atoms with Crippen LogP contribution in [-0.2, 0) is 14.8 Å². The molecule has 1 atom stereocenters. The van der Waals surface area contributed by atoms with Crippen LogP contribution in [0, 0.1) is 13.8 Å². The van der Waals surface area contributed by atoms with E-state index in [0.717, 1.165) is 24.0 Å². The molecule has 1 aliphatic heterocycles. The van der Waals surface area contributed by atoms with E-state index in [4.69, 9.17) is 16.3 Å². The first-order valence-electron chi connectivity index (χ1n) is 9.05.